The van der Waals surface area contributed by atoms with Crippen LogP contribution < -0.4 is 10.0 Å². The molecule has 3 aromatic carbocycles. The third-order valence-corrected chi connectivity index (χ3v) is 7.07. The van der Waals surface area contributed by atoms with Crippen molar-refractivity contribution >= 4 is 60.7 Å². The maximum absolute atomic E-state index is 13.0. The van der Waals surface area contributed by atoms with Crippen LogP contribution in [0.25, 0.3) is 0 Å². The third-order valence-electron chi connectivity index (χ3n) is 4.23. The highest BCUT2D eigenvalue weighted by Gasteiger charge is 2.27. The lowest BCUT2D eigenvalue weighted by Gasteiger charge is -2.19. The Morgan fingerprint density at radius 1 is 0.933 bits per heavy atom. The first kappa shape index (κ1) is 22.8. The number of halogens is 3. The zero-order chi connectivity index (χ0) is 21.7. The van der Waals surface area contributed by atoms with Crippen molar-refractivity contribution in [1.82, 2.24) is 4.72 Å². The van der Waals surface area contributed by atoms with Gasteiger partial charge in [-0.15, -0.1) is 0 Å². The first-order valence-electron chi connectivity index (χ1n) is 8.83. The van der Waals surface area contributed by atoms with Crippen LogP contribution in [0.15, 0.2) is 82.2 Å². The van der Waals surface area contributed by atoms with Gasteiger partial charge in [0.15, 0.2) is 0 Å². The van der Waals surface area contributed by atoms with Crippen LogP contribution in [-0.4, -0.2) is 20.4 Å². The van der Waals surface area contributed by atoms with Crippen LogP contribution in [-0.2, 0) is 21.2 Å². The van der Waals surface area contributed by atoms with E-state index in [0.29, 0.717) is 5.69 Å². The smallest absolute Gasteiger partial charge is 0.242 e. The number of hydrogen-bond donors (Lipinski definition) is 2. The average molecular weight is 528 g/mol. The van der Waals surface area contributed by atoms with Crippen LogP contribution in [0.5, 0.6) is 0 Å². The number of amides is 1. The van der Waals surface area contributed by atoms with Crippen molar-refractivity contribution in [2.24, 2.45) is 0 Å². The Morgan fingerprint density at radius 3 is 2.27 bits per heavy atom. The second-order valence-corrected chi connectivity index (χ2v) is 9.82. The molecule has 0 saturated heterocycles. The Hall–Kier alpha value is -1.90. The van der Waals surface area contributed by atoms with E-state index in [4.69, 9.17) is 23.2 Å². The molecule has 1 atom stereocenters. The zero-order valence-corrected chi connectivity index (χ0v) is 19.4. The Kier molecular flexibility index (Phi) is 7.55. The van der Waals surface area contributed by atoms with Crippen molar-refractivity contribution in [1.29, 1.82) is 0 Å². The van der Waals surface area contributed by atoms with Crippen LogP contribution in [0, 0.1) is 0 Å². The molecule has 3 rings (SSSR count). The quantitative estimate of drug-likeness (QED) is 0.438. The van der Waals surface area contributed by atoms with Gasteiger partial charge in [0.25, 0.3) is 0 Å². The van der Waals surface area contributed by atoms with Crippen molar-refractivity contribution in [2.75, 3.05) is 5.32 Å². The van der Waals surface area contributed by atoms with Gasteiger partial charge in [-0.05, 0) is 48.4 Å². The monoisotopic (exact) mass is 526 g/mol. The van der Waals surface area contributed by atoms with Gasteiger partial charge in [-0.2, -0.15) is 4.72 Å². The fourth-order valence-corrected chi connectivity index (χ4v) is 4.53. The predicted octanol–water partition coefficient (Wildman–Crippen LogP) is 5.28. The van der Waals surface area contributed by atoms with Crippen molar-refractivity contribution in [3.8, 4) is 0 Å². The third kappa shape index (κ3) is 5.83. The summed E-state index contributed by atoms with van der Waals surface area (Å²) in [4.78, 5) is 13.0. The SMILES string of the molecule is O=C(Nc1cccc(Cl)c1Cl)[C@H](Cc1ccccc1)NS(=O)(=O)c1ccc(Br)cc1. The maximum Gasteiger partial charge on any atom is 0.242 e. The number of nitrogens with one attached hydrogen (secondary N) is 2. The molecule has 0 unspecified atom stereocenters. The highest BCUT2D eigenvalue weighted by Crippen LogP contribution is 2.29. The van der Waals surface area contributed by atoms with E-state index in [-0.39, 0.29) is 21.4 Å². The molecule has 0 aromatic heterocycles. The molecular weight excluding hydrogens is 511 g/mol. The Bertz CT molecular complexity index is 1140. The summed E-state index contributed by atoms with van der Waals surface area (Å²) >= 11 is 15.4. The lowest BCUT2D eigenvalue weighted by molar-refractivity contribution is -0.117. The summed E-state index contributed by atoms with van der Waals surface area (Å²) in [5.74, 6) is -0.552. The van der Waals surface area contributed by atoms with Gasteiger partial charge in [-0.25, -0.2) is 8.42 Å². The van der Waals surface area contributed by atoms with Gasteiger partial charge in [0, 0.05) is 4.47 Å². The minimum absolute atomic E-state index is 0.0531. The highest BCUT2D eigenvalue weighted by molar-refractivity contribution is 9.10. The molecule has 0 heterocycles. The van der Waals surface area contributed by atoms with Crippen LogP contribution in [0.2, 0.25) is 10.0 Å². The van der Waals surface area contributed by atoms with Crippen LogP contribution in [0.1, 0.15) is 5.56 Å². The first-order valence-corrected chi connectivity index (χ1v) is 11.9. The molecule has 0 bridgehead atoms. The summed E-state index contributed by atoms with van der Waals surface area (Å²) in [6.45, 7) is 0. The molecule has 1 amide bonds. The second kappa shape index (κ2) is 9.94. The van der Waals surface area contributed by atoms with Gasteiger partial charge in [-0.3, -0.25) is 4.79 Å². The summed E-state index contributed by atoms with van der Waals surface area (Å²) in [5.41, 5.74) is 1.10. The first-order chi connectivity index (χ1) is 14.3. The summed E-state index contributed by atoms with van der Waals surface area (Å²) in [6.07, 6.45) is 0.153. The Labute approximate surface area is 193 Å². The maximum atomic E-state index is 13.0. The molecule has 0 radical (unpaired) electrons. The molecule has 0 aliphatic heterocycles. The van der Waals surface area contributed by atoms with Gasteiger partial charge in [0.05, 0.1) is 20.6 Å². The van der Waals surface area contributed by atoms with Gasteiger partial charge in [0.1, 0.15) is 6.04 Å². The van der Waals surface area contributed by atoms with Gasteiger partial charge < -0.3 is 5.32 Å². The Balaban J connectivity index is 1.88. The summed E-state index contributed by atoms with van der Waals surface area (Å²) in [6, 6.07) is 19.0. The standard InChI is InChI=1S/C21H17BrCl2N2O3S/c22-15-9-11-16(12-10-15)30(28,29)26-19(13-14-5-2-1-3-6-14)21(27)25-18-8-4-7-17(23)20(18)24/h1-12,19,26H,13H2,(H,25,27)/t19-/m0/s1. The lowest BCUT2D eigenvalue weighted by Crippen LogP contribution is -2.45. The van der Waals surface area contributed by atoms with E-state index in [1.807, 2.05) is 30.3 Å². The van der Waals surface area contributed by atoms with E-state index in [1.165, 1.54) is 12.1 Å². The molecule has 0 fully saturated rings. The molecule has 0 aliphatic carbocycles. The van der Waals surface area contributed by atoms with Gasteiger partial charge >= 0.3 is 0 Å². The van der Waals surface area contributed by atoms with E-state index in [0.717, 1.165) is 10.0 Å². The fraction of sp³-hybridized carbons (Fsp3) is 0.0952. The fourth-order valence-electron chi connectivity index (χ4n) is 2.73. The normalized spacial score (nSPS) is 12.4. The molecule has 3 aromatic rings. The minimum Gasteiger partial charge on any atom is -0.323 e. The molecular formula is C21H17BrCl2N2O3S. The summed E-state index contributed by atoms with van der Waals surface area (Å²) < 4.78 is 29.0. The largest absolute Gasteiger partial charge is 0.323 e. The lowest BCUT2D eigenvalue weighted by atomic mass is 10.1. The molecule has 0 spiro atoms. The summed E-state index contributed by atoms with van der Waals surface area (Å²) in [7, 11) is -3.94. The van der Waals surface area contributed by atoms with Crippen molar-refractivity contribution < 1.29 is 13.2 Å². The van der Waals surface area contributed by atoms with Crippen LogP contribution >= 0.6 is 39.1 Å². The van der Waals surface area contributed by atoms with E-state index >= 15 is 0 Å². The second-order valence-electron chi connectivity index (χ2n) is 6.41. The number of sulfonamides is 1. The zero-order valence-electron chi connectivity index (χ0n) is 15.5. The number of hydrogen-bond acceptors (Lipinski definition) is 3. The van der Waals surface area contributed by atoms with Gasteiger partial charge in [-0.1, -0.05) is 75.5 Å². The van der Waals surface area contributed by atoms with Crippen molar-refractivity contribution in [3.05, 3.63) is 92.9 Å². The number of benzene rings is 3. The number of carbonyl (C=O) groups is 1. The molecule has 9 heteroatoms. The van der Waals surface area contributed by atoms with E-state index in [1.54, 1.807) is 30.3 Å². The van der Waals surface area contributed by atoms with Crippen LogP contribution in [0.4, 0.5) is 5.69 Å². The molecule has 2 N–H and O–H groups in total. The topological polar surface area (TPSA) is 75.3 Å². The molecule has 5 nitrogen and oxygen atoms in total. The molecule has 0 aliphatic rings. The molecule has 30 heavy (non-hydrogen) atoms. The Morgan fingerprint density at radius 2 is 1.60 bits per heavy atom. The van der Waals surface area contributed by atoms with E-state index in [9.17, 15) is 13.2 Å². The highest BCUT2D eigenvalue weighted by atomic mass is 79.9. The van der Waals surface area contributed by atoms with E-state index in [2.05, 4.69) is 26.0 Å². The molecule has 0 saturated carbocycles. The predicted molar refractivity (Wildman–Crippen MR) is 123 cm³/mol. The van der Waals surface area contributed by atoms with Crippen LogP contribution in [0.3, 0.4) is 0 Å². The summed E-state index contributed by atoms with van der Waals surface area (Å²) in [5, 5.41) is 3.13. The number of anilines is 1. The average Bonchev–Trinajstić information content (AvgIpc) is 2.72. The molecule has 156 valence electrons. The van der Waals surface area contributed by atoms with E-state index < -0.39 is 22.0 Å². The van der Waals surface area contributed by atoms with Crippen molar-refractivity contribution in [2.45, 2.75) is 17.4 Å². The van der Waals surface area contributed by atoms with Crippen molar-refractivity contribution in [3.63, 3.8) is 0 Å². The minimum atomic E-state index is -3.94. The number of carbonyl (C=O) groups excluding carboxylic acids is 1. The van der Waals surface area contributed by atoms with Gasteiger partial charge in [0.2, 0.25) is 15.9 Å². The number of rotatable bonds is 7.